The summed E-state index contributed by atoms with van der Waals surface area (Å²) in [6, 6.07) is 4.14. The van der Waals surface area contributed by atoms with Gasteiger partial charge in [-0.1, -0.05) is 12.8 Å². The van der Waals surface area contributed by atoms with Crippen molar-refractivity contribution >= 4 is 23.3 Å². The largest absolute Gasteiger partial charge is 0.378 e. The summed E-state index contributed by atoms with van der Waals surface area (Å²) in [6.45, 7) is 3.65. The summed E-state index contributed by atoms with van der Waals surface area (Å²) < 4.78 is 5.35. The highest BCUT2D eigenvalue weighted by Gasteiger charge is 2.38. The van der Waals surface area contributed by atoms with Crippen LogP contribution in [0.1, 0.15) is 32.1 Å². The monoisotopic (exact) mass is 358 g/mol. The van der Waals surface area contributed by atoms with Crippen LogP contribution in [0, 0.1) is 5.92 Å². The first-order valence-corrected chi connectivity index (χ1v) is 9.60. The van der Waals surface area contributed by atoms with Crippen LogP contribution < -0.4 is 10.2 Å². The number of pyridine rings is 1. The molecule has 0 bridgehead atoms. The maximum absolute atomic E-state index is 12.6. The molecule has 3 fully saturated rings. The molecule has 0 unspecified atom stereocenters. The van der Waals surface area contributed by atoms with Crippen molar-refractivity contribution in [3.8, 4) is 0 Å². The molecule has 0 spiro atoms. The summed E-state index contributed by atoms with van der Waals surface area (Å²) in [5, 5.41) is 2.92. The van der Waals surface area contributed by atoms with E-state index >= 15 is 0 Å². The van der Waals surface area contributed by atoms with Gasteiger partial charge in [-0.15, -0.1) is 0 Å². The molecule has 1 aromatic heterocycles. The summed E-state index contributed by atoms with van der Waals surface area (Å²) in [5.41, 5.74) is 0.679. The highest BCUT2D eigenvalue weighted by Crippen LogP contribution is 2.30. The van der Waals surface area contributed by atoms with E-state index in [9.17, 15) is 9.59 Å². The second-order valence-electron chi connectivity index (χ2n) is 7.38. The van der Waals surface area contributed by atoms with E-state index < -0.39 is 0 Å². The third-order valence-electron chi connectivity index (χ3n) is 5.65. The Morgan fingerprint density at radius 2 is 1.96 bits per heavy atom. The fourth-order valence-corrected chi connectivity index (χ4v) is 4.16. The van der Waals surface area contributed by atoms with Crippen LogP contribution in [0.15, 0.2) is 18.3 Å². The number of anilines is 2. The van der Waals surface area contributed by atoms with Gasteiger partial charge in [-0.2, -0.15) is 0 Å². The molecule has 1 aliphatic carbocycles. The average molecular weight is 358 g/mol. The van der Waals surface area contributed by atoms with Gasteiger partial charge in [-0.05, 0) is 25.0 Å². The molecule has 1 atom stereocenters. The van der Waals surface area contributed by atoms with Crippen LogP contribution in [0.3, 0.4) is 0 Å². The molecule has 1 saturated carbocycles. The van der Waals surface area contributed by atoms with Gasteiger partial charge in [-0.3, -0.25) is 9.59 Å². The summed E-state index contributed by atoms with van der Waals surface area (Å²) in [6.07, 6.45) is 6.54. The quantitative estimate of drug-likeness (QED) is 0.886. The van der Waals surface area contributed by atoms with Gasteiger partial charge in [0.1, 0.15) is 5.82 Å². The van der Waals surface area contributed by atoms with Gasteiger partial charge in [0.15, 0.2) is 0 Å². The van der Waals surface area contributed by atoms with Crippen molar-refractivity contribution < 1.29 is 14.3 Å². The molecule has 3 aliphatic rings. The number of nitrogens with one attached hydrogen (secondary N) is 1. The van der Waals surface area contributed by atoms with Crippen LogP contribution in [0.2, 0.25) is 0 Å². The normalized spacial score (nSPS) is 24.3. The lowest BCUT2D eigenvalue weighted by Crippen LogP contribution is -2.36. The summed E-state index contributed by atoms with van der Waals surface area (Å²) >= 11 is 0. The van der Waals surface area contributed by atoms with Gasteiger partial charge in [0, 0.05) is 32.1 Å². The van der Waals surface area contributed by atoms with Gasteiger partial charge in [0.2, 0.25) is 11.8 Å². The van der Waals surface area contributed by atoms with Crippen molar-refractivity contribution in [2.75, 3.05) is 43.1 Å². The van der Waals surface area contributed by atoms with Crippen molar-refractivity contribution in [1.29, 1.82) is 0 Å². The van der Waals surface area contributed by atoms with E-state index in [4.69, 9.17) is 4.74 Å². The number of hydrogen-bond donors (Lipinski definition) is 1. The highest BCUT2D eigenvalue weighted by molar-refractivity contribution is 5.97. The van der Waals surface area contributed by atoms with Crippen LogP contribution in [0.5, 0.6) is 0 Å². The van der Waals surface area contributed by atoms with E-state index in [-0.39, 0.29) is 17.7 Å². The molecule has 2 saturated heterocycles. The standard InChI is InChI=1S/C19H26N4O3/c24-18-11-14(13-23(18)16-3-1-2-4-16)19(25)21-15-5-6-17(20-12-15)22-7-9-26-10-8-22/h5-6,12,14,16H,1-4,7-11,13H2,(H,21,25)/t14-/m1/s1. The fourth-order valence-electron chi connectivity index (χ4n) is 4.16. The van der Waals surface area contributed by atoms with Gasteiger partial charge in [0.05, 0.1) is 31.0 Å². The molecule has 2 amide bonds. The Balaban J connectivity index is 1.33. The Kier molecular flexibility index (Phi) is 5.06. The van der Waals surface area contributed by atoms with Crippen LogP contribution >= 0.6 is 0 Å². The first kappa shape index (κ1) is 17.3. The number of ether oxygens (including phenoxy) is 1. The zero-order valence-corrected chi connectivity index (χ0v) is 15.0. The molecule has 7 nitrogen and oxygen atoms in total. The number of hydrogen-bond acceptors (Lipinski definition) is 5. The maximum Gasteiger partial charge on any atom is 0.229 e. The van der Waals surface area contributed by atoms with Gasteiger partial charge in [0.25, 0.3) is 0 Å². The predicted molar refractivity (Wildman–Crippen MR) is 98.0 cm³/mol. The first-order chi connectivity index (χ1) is 12.7. The number of carbonyl (C=O) groups is 2. The van der Waals surface area contributed by atoms with Crippen LogP contribution in [-0.4, -0.2) is 60.6 Å². The van der Waals surface area contributed by atoms with Crippen LogP contribution in [0.4, 0.5) is 11.5 Å². The number of rotatable bonds is 4. The topological polar surface area (TPSA) is 74.8 Å². The van der Waals surface area contributed by atoms with E-state index in [1.165, 1.54) is 12.8 Å². The molecule has 1 aromatic rings. The van der Waals surface area contributed by atoms with E-state index in [0.717, 1.165) is 31.7 Å². The Hall–Kier alpha value is -2.15. The molecular weight excluding hydrogens is 332 g/mol. The lowest BCUT2D eigenvalue weighted by atomic mass is 10.1. The molecule has 2 aliphatic heterocycles. The molecule has 1 N–H and O–H groups in total. The second-order valence-corrected chi connectivity index (χ2v) is 7.38. The molecule has 4 rings (SSSR count). The van der Waals surface area contributed by atoms with E-state index in [2.05, 4.69) is 15.2 Å². The van der Waals surface area contributed by atoms with Crippen LogP contribution in [-0.2, 0) is 14.3 Å². The third kappa shape index (κ3) is 3.67. The molecule has 26 heavy (non-hydrogen) atoms. The van der Waals surface area contributed by atoms with E-state index in [0.29, 0.717) is 37.9 Å². The minimum atomic E-state index is -0.262. The van der Waals surface area contributed by atoms with E-state index in [1.54, 1.807) is 6.20 Å². The van der Waals surface area contributed by atoms with Crippen molar-refractivity contribution in [2.24, 2.45) is 5.92 Å². The zero-order chi connectivity index (χ0) is 17.9. The summed E-state index contributed by atoms with van der Waals surface area (Å²) in [7, 11) is 0. The Labute approximate surface area is 153 Å². The molecule has 0 radical (unpaired) electrons. The molecule has 7 heteroatoms. The molecule has 3 heterocycles. The average Bonchev–Trinajstić information content (AvgIpc) is 3.32. The Morgan fingerprint density at radius 1 is 1.19 bits per heavy atom. The van der Waals surface area contributed by atoms with Crippen molar-refractivity contribution in [2.45, 2.75) is 38.1 Å². The van der Waals surface area contributed by atoms with Crippen LogP contribution in [0.25, 0.3) is 0 Å². The first-order valence-electron chi connectivity index (χ1n) is 9.60. The number of carbonyl (C=O) groups excluding carboxylic acids is 2. The second kappa shape index (κ2) is 7.61. The number of nitrogens with zero attached hydrogens (tertiary/aromatic N) is 3. The van der Waals surface area contributed by atoms with Crippen molar-refractivity contribution in [3.05, 3.63) is 18.3 Å². The predicted octanol–water partition coefficient (Wildman–Crippen LogP) is 1.65. The van der Waals surface area contributed by atoms with E-state index in [1.807, 2.05) is 17.0 Å². The van der Waals surface area contributed by atoms with Gasteiger partial charge < -0.3 is 19.9 Å². The minimum absolute atomic E-state index is 0.0835. The minimum Gasteiger partial charge on any atom is -0.378 e. The number of aromatic nitrogens is 1. The van der Waals surface area contributed by atoms with Gasteiger partial charge >= 0.3 is 0 Å². The molecule has 0 aromatic carbocycles. The summed E-state index contributed by atoms with van der Waals surface area (Å²) in [4.78, 5) is 33.4. The Morgan fingerprint density at radius 3 is 2.65 bits per heavy atom. The summed E-state index contributed by atoms with van der Waals surface area (Å²) in [5.74, 6) is 0.675. The molecule has 140 valence electrons. The molecular formula is C19H26N4O3. The van der Waals surface area contributed by atoms with Crippen molar-refractivity contribution in [3.63, 3.8) is 0 Å². The zero-order valence-electron chi connectivity index (χ0n) is 15.0. The van der Waals surface area contributed by atoms with Gasteiger partial charge in [-0.25, -0.2) is 4.98 Å². The lowest BCUT2D eigenvalue weighted by Gasteiger charge is -2.27. The maximum atomic E-state index is 12.6. The third-order valence-corrected chi connectivity index (χ3v) is 5.65. The van der Waals surface area contributed by atoms with Crippen molar-refractivity contribution in [1.82, 2.24) is 9.88 Å². The fraction of sp³-hybridized carbons (Fsp3) is 0.632. The number of amides is 2. The lowest BCUT2D eigenvalue weighted by molar-refractivity contribution is -0.129. The number of morpholine rings is 1. The highest BCUT2D eigenvalue weighted by atomic mass is 16.5. The number of likely N-dealkylation sites (tertiary alicyclic amines) is 1. The smallest absolute Gasteiger partial charge is 0.229 e. The SMILES string of the molecule is O=C(Nc1ccc(N2CCOCC2)nc1)[C@@H]1CC(=O)N(C2CCCC2)C1. The Bertz CT molecular complexity index is 651.